The van der Waals surface area contributed by atoms with Crippen LogP contribution in [0.15, 0.2) is 54.6 Å². The molecule has 5 nitrogen and oxygen atoms in total. The summed E-state index contributed by atoms with van der Waals surface area (Å²) >= 11 is 0. The molecule has 0 bridgehead atoms. The number of amides is 1. The number of carbonyl (C=O) groups is 1. The molecule has 1 amide bonds. The summed E-state index contributed by atoms with van der Waals surface area (Å²) in [5, 5.41) is 12.9. The molecule has 3 aromatic rings. The molecule has 0 aliphatic rings. The van der Waals surface area contributed by atoms with E-state index in [1.807, 2.05) is 69.3 Å². The van der Waals surface area contributed by atoms with Crippen molar-refractivity contribution in [2.24, 2.45) is 0 Å². The predicted molar refractivity (Wildman–Crippen MR) is 108 cm³/mol. The Labute approximate surface area is 165 Å². The number of nitrogens with zero attached hydrogens (tertiary/aromatic N) is 1. The van der Waals surface area contributed by atoms with E-state index < -0.39 is 0 Å². The highest BCUT2D eigenvalue weighted by Gasteiger charge is 2.12. The minimum Gasteiger partial charge on any atom is -0.493 e. The van der Waals surface area contributed by atoms with Gasteiger partial charge in [-0.05, 0) is 67.8 Å². The topological polar surface area (TPSA) is 71.5 Å². The Balaban J connectivity index is 1.64. The smallest absolute Gasteiger partial charge is 0.251 e. The van der Waals surface area contributed by atoms with Crippen molar-refractivity contribution < 1.29 is 14.6 Å². The maximum absolute atomic E-state index is 12.5. The number of aromatic hydroxyl groups is 1. The van der Waals surface area contributed by atoms with Crippen molar-refractivity contribution in [3.05, 3.63) is 88.1 Å². The van der Waals surface area contributed by atoms with Gasteiger partial charge < -0.3 is 15.2 Å². The molecule has 28 heavy (non-hydrogen) atoms. The SMILES string of the molecule is Cc1cc(C)c(CNC(=O)c2ccc(COc3ccccc3)c(C)c2)c(O)n1. The van der Waals surface area contributed by atoms with Gasteiger partial charge in [0.15, 0.2) is 0 Å². The van der Waals surface area contributed by atoms with E-state index in [2.05, 4.69) is 10.3 Å². The molecule has 144 valence electrons. The molecule has 0 aliphatic carbocycles. The van der Waals surface area contributed by atoms with Gasteiger partial charge >= 0.3 is 0 Å². The molecule has 0 saturated heterocycles. The van der Waals surface area contributed by atoms with Gasteiger partial charge in [0.25, 0.3) is 5.91 Å². The highest BCUT2D eigenvalue weighted by atomic mass is 16.5. The van der Waals surface area contributed by atoms with E-state index in [9.17, 15) is 9.90 Å². The monoisotopic (exact) mass is 376 g/mol. The van der Waals surface area contributed by atoms with E-state index in [0.29, 0.717) is 17.7 Å². The Morgan fingerprint density at radius 3 is 2.46 bits per heavy atom. The predicted octanol–water partition coefficient (Wildman–Crippen LogP) is 4.22. The summed E-state index contributed by atoms with van der Waals surface area (Å²) in [6.07, 6.45) is 0. The van der Waals surface area contributed by atoms with Crippen LogP contribution < -0.4 is 10.1 Å². The van der Waals surface area contributed by atoms with Crippen molar-refractivity contribution >= 4 is 5.91 Å². The number of aromatic nitrogens is 1. The molecule has 1 aromatic heterocycles. The van der Waals surface area contributed by atoms with E-state index in [0.717, 1.165) is 28.1 Å². The molecule has 0 spiro atoms. The number of nitrogens with one attached hydrogen (secondary N) is 1. The highest BCUT2D eigenvalue weighted by molar-refractivity contribution is 5.94. The molecule has 0 aliphatic heterocycles. The van der Waals surface area contributed by atoms with Crippen molar-refractivity contribution in [1.29, 1.82) is 0 Å². The third-order valence-electron chi connectivity index (χ3n) is 4.62. The maximum Gasteiger partial charge on any atom is 0.251 e. The first-order chi connectivity index (χ1) is 13.4. The van der Waals surface area contributed by atoms with Gasteiger partial charge in [-0.15, -0.1) is 0 Å². The van der Waals surface area contributed by atoms with Crippen LogP contribution >= 0.6 is 0 Å². The Morgan fingerprint density at radius 1 is 1.04 bits per heavy atom. The van der Waals surface area contributed by atoms with Gasteiger partial charge in [0, 0.05) is 23.4 Å². The Morgan fingerprint density at radius 2 is 1.79 bits per heavy atom. The fourth-order valence-corrected chi connectivity index (χ4v) is 3.01. The lowest BCUT2D eigenvalue weighted by molar-refractivity contribution is 0.0950. The van der Waals surface area contributed by atoms with Crippen LogP contribution in [-0.4, -0.2) is 16.0 Å². The first-order valence-corrected chi connectivity index (χ1v) is 9.15. The van der Waals surface area contributed by atoms with Gasteiger partial charge in [-0.2, -0.15) is 0 Å². The lowest BCUT2D eigenvalue weighted by atomic mass is 10.0. The van der Waals surface area contributed by atoms with Crippen LogP contribution in [0, 0.1) is 20.8 Å². The van der Waals surface area contributed by atoms with E-state index in [4.69, 9.17) is 4.74 Å². The van der Waals surface area contributed by atoms with Crippen LogP contribution in [0.4, 0.5) is 0 Å². The Hall–Kier alpha value is -3.34. The van der Waals surface area contributed by atoms with Crippen LogP contribution in [0.25, 0.3) is 0 Å². The molecule has 0 saturated carbocycles. The summed E-state index contributed by atoms with van der Waals surface area (Å²) < 4.78 is 5.78. The summed E-state index contributed by atoms with van der Waals surface area (Å²) in [5.41, 5.74) is 4.85. The normalized spacial score (nSPS) is 10.5. The number of ether oxygens (including phenoxy) is 1. The average Bonchev–Trinajstić information content (AvgIpc) is 2.66. The zero-order valence-electron chi connectivity index (χ0n) is 16.3. The average molecular weight is 376 g/mol. The number of aryl methyl sites for hydroxylation is 3. The number of carbonyl (C=O) groups excluding carboxylic acids is 1. The maximum atomic E-state index is 12.5. The van der Waals surface area contributed by atoms with E-state index >= 15 is 0 Å². The molecule has 2 aromatic carbocycles. The minimum atomic E-state index is -0.196. The molecule has 1 heterocycles. The first-order valence-electron chi connectivity index (χ1n) is 9.15. The molecule has 2 N–H and O–H groups in total. The number of benzene rings is 2. The van der Waals surface area contributed by atoms with Crippen LogP contribution in [0.2, 0.25) is 0 Å². The number of para-hydroxylation sites is 1. The Kier molecular flexibility index (Phi) is 5.94. The first kappa shape index (κ1) is 19.4. The van der Waals surface area contributed by atoms with Gasteiger partial charge in [-0.3, -0.25) is 4.79 Å². The lowest BCUT2D eigenvalue weighted by Gasteiger charge is -2.12. The van der Waals surface area contributed by atoms with Crippen molar-refractivity contribution in [2.45, 2.75) is 33.9 Å². The summed E-state index contributed by atoms with van der Waals surface area (Å²) in [5.74, 6) is 0.575. The van der Waals surface area contributed by atoms with Gasteiger partial charge in [-0.25, -0.2) is 4.98 Å². The van der Waals surface area contributed by atoms with Gasteiger partial charge in [0.1, 0.15) is 12.4 Å². The van der Waals surface area contributed by atoms with Crippen molar-refractivity contribution in [3.63, 3.8) is 0 Å². The van der Waals surface area contributed by atoms with Gasteiger partial charge in [-0.1, -0.05) is 24.3 Å². The third-order valence-corrected chi connectivity index (χ3v) is 4.62. The van der Waals surface area contributed by atoms with Crippen molar-refractivity contribution in [3.8, 4) is 11.6 Å². The molecule has 0 unspecified atom stereocenters. The van der Waals surface area contributed by atoms with Crippen molar-refractivity contribution in [1.82, 2.24) is 10.3 Å². The number of rotatable bonds is 6. The second kappa shape index (κ2) is 8.57. The van der Waals surface area contributed by atoms with Crippen LogP contribution in [0.3, 0.4) is 0 Å². The molecular formula is C23H24N2O3. The summed E-state index contributed by atoms with van der Waals surface area (Å²) in [6, 6.07) is 17.0. The molecule has 0 radical (unpaired) electrons. The summed E-state index contributed by atoms with van der Waals surface area (Å²) in [7, 11) is 0. The fraction of sp³-hybridized carbons (Fsp3) is 0.217. The Bertz CT molecular complexity index is 961. The molecule has 0 atom stereocenters. The van der Waals surface area contributed by atoms with Crippen LogP contribution in [0.1, 0.15) is 38.3 Å². The summed E-state index contributed by atoms with van der Waals surface area (Å²) in [6.45, 7) is 6.34. The van der Waals surface area contributed by atoms with E-state index in [1.54, 1.807) is 6.07 Å². The minimum absolute atomic E-state index is 0.0395. The van der Waals surface area contributed by atoms with E-state index in [-0.39, 0.29) is 18.3 Å². The molecule has 3 rings (SSSR count). The van der Waals surface area contributed by atoms with Crippen LogP contribution in [-0.2, 0) is 13.2 Å². The van der Waals surface area contributed by atoms with Gasteiger partial charge in [0.2, 0.25) is 5.88 Å². The van der Waals surface area contributed by atoms with Crippen molar-refractivity contribution in [2.75, 3.05) is 0 Å². The molecule has 5 heteroatoms. The highest BCUT2D eigenvalue weighted by Crippen LogP contribution is 2.20. The third kappa shape index (κ3) is 4.68. The largest absolute Gasteiger partial charge is 0.493 e. The molecular weight excluding hydrogens is 352 g/mol. The molecule has 0 fully saturated rings. The zero-order valence-corrected chi connectivity index (χ0v) is 16.3. The second-order valence-corrected chi connectivity index (χ2v) is 6.81. The van der Waals surface area contributed by atoms with E-state index in [1.165, 1.54) is 0 Å². The fourth-order valence-electron chi connectivity index (χ4n) is 3.01. The standard InChI is InChI=1S/C23H24N2O3/c1-15-12-18(9-10-19(15)14-28-20-7-5-4-6-8-20)22(26)24-13-21-16(2)11-17(3)25-23(21)27/h4-12H,13-14H2,1-3H3,(H,24,26)(H,25,27). The zero-order chi connectivity index (χ0) is 20.1. The van der Waals surface area contributed by atoms with Crippen LogP contribution in [0.5, 0.6) is 11.6 Å². The number of hydrogen-bond acceptors (Lipinski definition) is 4. The quantitative estimate of drug-likeness (QED) is 0.676. The number of hydrogen-bond donors (Lipinski definition) is 2. The lowest BCUT2D eigenvalue weighted by Crippen LogP contribution is -2.23. The number of pyridine rings is 1. The van der Waals surface area contributed by atoms with Gasteiger partial charge in [0.05, 0.1) is 0 Å². The summed E-state index contributed by atoms with van der Waals surface area (Å²) in [4.78, 5) is 16.6. The second-order valence-electron chi connectivity index (χ2n) is 6.81.